The third-order valence-corrected chi connectivity index (χ3v) is 4.97. The van der Waals surface area contributed by atoms with Crippen LogP contribution in [0.25, 0.3) is 10.2 Å². The smallest absolute Gasteiger partial charge is 0.259 e. The van der Waals surface area contributed by atoms with E-state index in [4.69, 9.17) is 4.74 Å². The van der Waals surface area contributed by atoms with Crippen molar-refractivity contribution in [2.24, 2.45) is 0 Å². The van der Waals surface area contributed by atoms with Crippen LogP contribution >= 0.6 is 11.3 Å². The molecule has 2 N–H and O–H groups in total. The van der Waals surface area contributed by atoms with Crippen LogP contribution in [-0.2, 0) is 11.3 Å². The normalized spacial score (nSPS) is 16.9. The second-order valence-electron chi connectivity index (χ2n) is 5.24. The SMILES string of the molecule is Cc1sc2nc(CNC3CCOCC3)[nH]c(=O)c2c1C. The van der Waals surface area contributed by atoms with Gasteiger partial charge in [-0.3, -0.25) is 4.79 Å². The van der Waals surface area contributed by atoms with E-state index in [1.54, 1.807) is 11.3 Å². The van der Waals surface area contributed by atoms with Crippen molar-refractivity contribution in [3.63, 3.8) is 0 Å². The van der Waals surface area contributed by atoms with Crippen LogP contribution in [0.5, 0.6) is 0 Å². The number of ether oxygens (including phenoxy) is 1. The Morgan fingerprint density at radius 1 is 1.40 bits per heavy atom. The summed E-state index contributed by atoms with van der Waals surface area (Å²) in [5.74, 6) is 0.718. The zero-order valence-electron chi connectivity index (χ0n) is 11.8. The Morgan fingerprint density at radius 3 is 2.90 bits per heavy atom. The van der Waals surface area contributed by atoms with Crippen molar-refractivity contribution in [1.82, 2.24) is 15.3 Å². The number of aromatic amines is 1. The largest absolute Gasteiger partial charge is 0.381 e. The monoisotopic (exact) mass is 293 g/mol. The van der Waals surface area contributed by atoms with Gasteiger partial charge in [-0.25, -0.2) is 4.98 Å². The van der Waals surface area contributed by atoms with Crippen LogP contribution in [-0.4, -0.2) is 29.2 Å². The lowest BCUT2D eigenvalue weighted by atomic mass is 10.1. The van der Waals surface area contributed by atoms with E-state index in [2.05, 4.69) is 15.3 Å². The van der Waals surface area contributed by atoms with E-state index in [-0.39, 0.29) is 5.56 Å². The van der Waals surface area contributed by atoms with Crippen LogP contribution in [0.15, 0.2) is 4.79 Å². The first-order chi connectivity index (χ1) is 9.65. The molecule has 108 valence electrons. The summed E-state index contributed by atoms with van der Waals surface area (Å²) in [6, 6.07) is 0.455. The number of thiophene rings is 1. The molecule has 2 aromatic rings. The Bertz CT molecular complexity index is 671. The highest BCUT2D eigenvalue weighted by Crippen LogP contribution is 2.25. The standard InChI is InChI=1S/C14H19N3O2S/c1-8-9(2)20-14-12(8)13(18)16-11(17-14)7-15-10-3-5-19-6-4-10/h10,15H,3-7H2,1-2H3,(H,16,17,18). The number of aromatic nitrogens is 2. The zero-order valence-corrected chi connectivity index (χ0v) is 12.6. The van der Waals surface area contributed by atoms with E-state index in [9.17, 15) is 4.79 Å². The molecule has 2 aromatic heterocycles. The molecule has 1 fully saturated rings. The molecule has 1 saturated heterocycles. The Kier molecular flexibility index (Phi) is 3.87. The van der Waals surface area contributed by atoms with Gasteiger partial charge in [0.25, 0.3) is 5.56 Å². The number of H-pyrrole nitrogens is 1. The summed E-state index contributed by atoms with van der Waals surface area (Å²) in [4.78, 5) is 21.6. The van der Waals surface area contributed by atoms with E-state index < -0.39 is 0 Å². The quantitative estimate of drug-likeness (QED) is 0.906. The highest BCUT2D eigenvalue weighted by atomic mass is 32.1. The topological polar surface area (TPSA) is 67.0 Å². The van der Waals surface area contributed by atoms with Gasteiger partial charge in [-0.05, 0) is 32.3 Å². The van der Waals surface area contributed by atoms with E-state index in [0.29, 0.717) is 12.6 Å². The maximum absolute atomic E-state index is 12.1. The van der Waals surface area contributed by atoms with Crippen molar-refractivity contribution >= 4 is 21.6 Å². The molecule has 5 nitrogen and oxygen atoms in total. The molecule has 0 bridgehead atoms. The number of hydrogen-bond donors (Lipinski definition) is 2. The molecular weight excluding hydrogens is 274 g/mol. The maximum Gasteiger partial charge on any atom is 0.259 e. The molecule has 6 heteroatoms. The van der Waals surface area contributed by atoms with Gasteiger partial charge in [-0.2, -0.15) is 0 Å². The second-order valence-corrected chi connectivity index (χ2v) is 6.45. The maximum atomic E-state index is 12.1. The number of fused-ring (bicyclic) bond motifs is 1. The van der Waals surface area contributed by atoms with Crippen LogP contribution in [0.1, 0.15) is 29.1 Å². The molecule has 3 rings (SSSR count). The first-order valence-corrected chi connectivity index (χ1v) is 7.77. The Morgan fingerprint density at radius 2 is 2.15 bits per heavy atom. The van der Waals surface area contributed by atoms with E-state index in [0.717, 1.165) is 52.5 Å². The van der Waals surface area contributed by atoms with E-state index in [1.165, 1.54) is 0 Å². The van der Waals surface area contributed by atoms with E-state index in [1.807, 2.05) is 13.8 Å². The molecule has 0 aromatic carbocycles. The van der Waals surface area contributed by atoms with Crippen molar-refractivity contribution in [3.8, 4) is 0 Å². The lowest BCUT2D eigenvalue weighted by molar-refractivity contribution is 0.0774. The van der Waals surface area contributed by atoms with Crippen LogP contribution in [0.3, 0.4) is 0 Å². The van der Waals surface area contributed by atoms with Crippen molar-refractivity contribution in [3.05, 3.63) is 26.6 Å². The van der Waals surface area contributed by atoms with Gasteiger partial charge in [0.2, 0.25) is 0 Å². The first kappa shape index (κ1) is 13.7. The van der Waals surface area contributed by atoms with Crippen LogP contribution in [0.4, 0.5) is 0 Å². The summed E-state index contributed by atoms with van der Waals surface area (Å²) in [5.41, 5.74) is 1.02. The average Bonchev–Trinajstić information content (AvgIpc) is 2.73. The molecule has 0 spiro atoms. The van der Waals surface area contributed by atoms with Crippen LogP contribution in [0, 0.1) is 13.8 Å². The Balaban J connectivity index is 1.80. The molecule has 0 radical (unpaired) electrons. The number of nitrogens with one attached hydrogen (secondary N) is 2. The lowest BCUT2D eigenvalue weighted by Gasteiger charge is -2.22. The van der Waals surface area contributed by atoms with Gasteiger partial charge in [0, 0.05) is 24.1 Å². The molecule has 0 aliphatic carbocycles. The number of nitrogens with zero attached hydrogens (tertiary/aromatic N) is 1. The van der Waals surface area contributed by atoms with Crippen molar-refractivity contribution in [2.45, 2.75) is 39.3 Å². The summed E-state index contributed by atoms with van der Waals surface area (Å²) in [6.07, 6.45) is 2.04. The molecule has 3 heterocycles. The van der Waals surface area contributed by atoms with Crippen LogP contribution in [0.2, 0.25) is 0 Å². The van der Waals surface area contributed by atoms with Gasteiger partial charge in [-0.15, -0.1) is 11.3 Å². The first-order valence-electron chi connectivity index (χ1n) is 6.95. The second kappa shape index (κ2) is 5.63. The third-order valence-electron chi connectivity index (χ3n) is 3.87. The van der Waals surface area contributed by atoms with Gasteiger partial charge in [0.1, 0.15) is 10.7 Å². The number of hydrogen-bond acceptors (Lipinski definition) is 5. The van der Waals surface area contributed by atoms with Gasteiger partial charge in [0.05, 0.1) is 11.9 Å². The minimum atomic E-state index is -0.0272. The highest BCUT2D eigenvalue weighted by Gasteiger charge is 2.15. The Hall–Kier alpha value is -1.24. The summed E-state index contributed by atoms with van der Waals surface area (Å²) >= 11 is 1.59. The van der Waals surface area contributed by atoms with Gasteiger partial charge in [0.15, 0.2) is 0 Å². The molecule has 0 saturated carbocycles. The summed E-state index contributed by atoms with van der Waals surface area (Å²) in [6.45, 7) is 6.23. The fourth-order valence-corrected chi connectivity index (χ4v) is 3.57. The highest BCUT2D eigenvalue weighted by molar-refractivity contribution is 7.18. The molecule has 1 aliphatic heterocycles. The Labute approximate surface area is 121 Å². The summed E-state index contributed by atoms with van der Waals surface area (Å²) in [7, 11) is 0. The summed E-state index contributed by atoms with van der Waals surface area (Å²) in [5, 5.41) is 4.18. The lowest BCUT2D eigenvalue weighted by Crippen LogP contribution is -2.35. The number of aryl methyl sites for hydroxylation is 2. The average molecular weight is 293 g/mol. The molecule has 20 heavy (non-hydrogen) atoms. The molecule has 0 unspecified atom stereocenters. The number of rotatable bonds is 3. The van der Waals surface area contributed by atoms with Crippen molar-refractivity contribution < 1.29 is 4.74 Å². The molecule has 1 aliphatic rings. The van der Waals surface area contributed by atoms with Gasteiger partial charge in [-0.1, -0.05) is 0 Å². The predicted molar refractivity (Wildman–Crippen MR) is 80.4 cm³/mol. The van der Waals surface area contributed by atoms with Crippen LogP contribution < -0.4 is 10.9 Å². The molecule has 0 atom stereocenters. The van der Waals surface area contributed by atoms with Gasteiger partial charge >= 0.3 is 0 Å². The fraction of sp³-hybridized carbons (Fsp3) is 0.571. The van der Waals surface area contributed by atoms with E-state index >= 15 is 0 Å². The fourth-order valence-electron chi connectivity index (χ4n) is 2.53. The zero-order chi connectivity index (χ0) is 14.1. The molecule has 0 amide bonds. The molecular formula is C14H19N3O2S. The third kappa shape index (κ3) is 2.63. The summed E-state index contributed by atoms with van der Waals surface area (Å²) < 4.78 is 5.33. The minimum Gasteiger partial charge on any atom is -0.381 e. The van der Waals surface area contributed by atoms with Gasteiger partial charge < -0.3 is 15.0 Å². The van der Waals surface area contributed by atoms with Crippen molar-refractivity contribution in [2.75, 3.05) is 13.2 Å². The van der Waals surface area contributed by atoms with Crippen molar-refractivity contribution in [1.29, 1.82) is 0 Å². The predicted octanol–water partition coefficient (Wildman–Crippen LogP) is 1.87. The minimum absolute atomic E-state index is 0.0272.